The zero-order chi connectivity index (χ0) is 31.0. The van der Waals surface area contributed by atoms with Crippen LogP contribution in [0.25, 0.3) is 0 Å². The van der Waals surface area contributed by atoms with Crippen molar-refractivity contribution in [2.75, 3.05) is 41.9 Å². The molecule has 0 spiro atoms. The number of nitrogens with one attached hydrogen (secondary N) is 2. The number of aromatic nitrogens is 2. The summed E-state index contributed by atoms with van der Waals surface area (Å²) >= 11 is 0. The molecule has 3 N–H and O–H groups in total. The molecule has 0 radical (unpaired) electrons. The Morgan fingerprint density at radius 3 is 2.37 bits per heavy atom. The van der Waals surface area contributed by atoms with Crippen molar-refractivity contribution in [2.24, 2.45) is 5.92 Å². The number of rotatable bonds is 12. The molecule has 11 nitrogen and oxygen atoms in total. The van der Waals surface area contributed by atoms with Gasteiger partial charge in [0.2, 0.25) is 17.6 Å². The molecule has 2 aliphatic rings. The molecule has 3 heterocycles. The highest BCUT2D eigenvalue weighted by atomic mass is 32.2. The summed E-state index contributed by atoms with van der Waals surface area (Å²) in [5.74, 6) is -2.30. The lowest BCUT2D eigenvalue weighted by Gasteiger charge is -2.34. The van der Waals surface area contributed by atoms with Crippen LogP contribution in [0, 0.1) is 5.92 Å². The van der Waals surface area contributed by atoms with Gasteiger partial charge < -0.3 is 20.4 Å². The second-order valence-electron chi connectivity index (χ2n) is 10.9. The Hall–Kier alpha value is -3.46. The number of carbonyl (C=O) groups excluding carboxylic acids is 2. The number of benzene rings is 1. The average molecular weight is 627 g/mol. The van der Waals surface area contributed by atoms with Gasteiger partial charge in [-0.15, -0.1) is 0 Å². The van der Waals surface area contributed by atoms with Gasteiger partial charge in [0.1, 0.15) is 23.6 Å². The molecule has 1 aromatic carbocycles. The number of amides is 2. The first kappa shape index (κ1) is 32.5. The van der Waals surface area contributed by atoms with Crippen LogP contribution in [0.5, 0.6) is 0 Å². The molecule has 4 rings (SSSR count). The third kappa shape index (κ3) is 9.78. The Labute approximate surface area is 249 Å². The molecule has 0 unspecified atom stereocenters. The summed E-state index contributed by atoms with van der Waals surface area (Å²) in [4.78, 5) is 35.9. The number of carbonyl (C=O) groups is 2. The Morgan fingerprint density at radius 1 is 1.00 bits per heavy atom. The van der Waals surface area contributed by atoms with Crippen molar-refractivity contribution in [2.45, 2.75) is 63.6 Å². The van der Waals surface area contributed by atoms with Gasteiger partial charge in [-0.25, -0.2) is 9.97 Å². The van der Waals surface area contributed by atoms with Crippen LogP contribution in [0.3, 0.4) is 0 Å². The number of hydrogen-bond donors (Lipinski definition) is 3. The minimum atomic E-state index is -4.76. The first-order valence-electron chi connectivity index (χ1n) is 14.4. The van der Waals surface area contributed by atoms with Crippen LogP contribution in [-0.4, -0.2) is 72.9 Å². The Morgan fingerprint density at radius 2 is 1.70 bits per heavy atom. The maximum absolute atomic E-state index is 13.9. The third-order valence-corrected chi connectivity index (χ3v) is 8.27. The summed E-state index contributed by atoms with van der Waals surface area (Å²) in [6.45, 7) is 1.76. The van der Waals surface area contributed by atoms with E-state index < -0.39 is 39.9 Å². The zero-order valence-corrected chi connectivity index (χ0v) is 24.5. The standard InChI is InChI=1S/C28H37F3N6O5S/c29-28(30,31)27-34-23(36-16-12-21(13-17-36)8-4-10-25(38)33-19-43(40,41)42)18-24(35-27)37-15-5-9-22(37)26(39)32-14-11-20-6-2-1-3-7-20/h1-3,6-7,18,21-22H,4-5,8-17,19H2,(H,32,39)(H,33,38)(H,40,41,42)/t22-/m0/s1. The third-order valence-electron chi connectivity index (χ3n) is 7.76. The van der Waals surface area contributed by atoms with Crippen molar-refractivity contribution in [3.63, 3.8) is 0 Å². The molecule has 2 fully saturated rings. The number of halogens is 3. The molecule has 2 aromatic rings. The minimum absolute atomic E-state index is 0.0797. The molecular formula is C28H37F3N6O5S. The largest absolute Gasteiger partial charge is 0.451 e. The van der Waals surface area contributed by atoms with E-state index in [4.69, 9.17) is 4.55 Å². The lowest BCUT2D eigenvalue weighted by Crippen LogP contribution is -2.44. The van der Waals surface area contributed by atoms with Crippen molar-refractivity contribution in [1.82, 2.24) is 20.6 Å². The smallest absolute Gasteiger partial charge is 0.356 e. The summed E-state index contributed by atoms with van der Waals surface area (Å²) in [7, 11) is -4.28. The number of piperidine rings is 1. The summed E-state index contributed by atoms with van der Waals surface area (Å²) < 4.78 is 71.8. The van der Waals surface area contributed by atoms with Gasteiger partial charge in [0.25, 0.3) is 10.1 Å². The number of hydrogen-bond acceptors (Lipinski definition) is 8. The monoisotopic (exact) mass is 626 g/mol. The van der Waals surface area contributed by atoms with Crippen LogP contribution < -0.4 is 20.4 Å². The fraction of sp³-hybridized carbons (Fsp3) is 0.571. The summed E-state index contributed by atoms with van der Waals surface area (Å²) in [5, 5.41) is 5.06. The SMILES string of the molecule is O=C(CCCC1CCN(c2cc(N3CCC[C@H]3C(=O)NCCc3ccccc3)nc(C(F)(F)F)n2)CC1)NCS(=O)(=O)O. The van der Waals surface area contributed by atoms with Crippen LogP contribution >= 0.6 is 0 Å². The Kier molecular flexibility index (Phi) is 10.8. The van der Waals surface area contributed by atoms with Crippen molar-refractivity contribution in [3.8, 4) is 0 Å². The van der Waals surface area contributed by atoms with E-state index in [2.05, 4.69) is 20.6 Å². The second-order valence-corrected chi connectivity index (χ2v) is 12.4. The van der Waals surface area contributed by atoms with E-state index in [1.165, 1.54) is 6.07 Å². The maximum Gasteiger partial charge on any atom is 0.451 e. The van der Waals surface area contributed by atoms with Crippen LogP contribution in [-0.2, 0) is 32.3 Å². The van der Waals surface area contributed by atoms with E-state index >= 15 is 0 Å². The van der Waals surface area contributed by atoms with E-state index in [1.807, 2.05) is 30.3 Å². The van der Waals surface area contributed by atoms with Gasteiger partial charge in [0, 0.05) is 38.7 Å². The molecule has 2 saturated heterocycles. The van der Waals surface area contributed by atoms with Crippen LogP contribution in [0.4, 0.5) is 24.8 Å². The average Bonchev–Trinajstić information content (AvgIpc) is 3.46. The van der Waals surface area contributed by atoms with Gasteiger partial charge in [0.05, 0.1) is 0 Å². The van der Waals surface area contributed by atoms with Crippen molar-refractivity contribution in [1.29, 1.82) is 0 Å². The van der Waals surface area contributed by atoms with Crippen molar-refractivity contribution < 1.29 is 35.7 Å². The molecule has 1 atom stereocenters. The molecular weight excluding hydrogens is 589 g/mol. The Balaban J connectivity index is 1.36. The maximum atomic E-state index is 13.9. The first-order valence-corrected chi connectivity index (χ1v) is 16.0. The number of anilines is 2. The van der Waals surface area contributed by atoms with Gasteiger partial charge in [-0.1, -0.05) is 30.3 Å². The topological polar surface area (TPSA) is 145 Å². The van der Waals surface area contributed by atoms with E-state index in [1.54, 1.807) is 9.80 Å². The predicted molar refractivity (Wildman–Crippen MR) is 154 cm³/mol. The molecule has 15 heteroatoms. The highest BCUT2D eigenvalue weighted by Gasteiger charge is 2.39. The van der Waals surface area contributed by atoms with E-state index in [-0.39, 0.29) is 29.9 Å². The van der Waals surface area contributed by atoms with Crippen molar-refractivity contribution in [3.05, 3.63) is 47.8 Å². The fourth-order valence-corrected chi connectivity index (χ4v) is 5.87. The van der Waals surface area contributed by atoms with Crippen LogP contribution in [0.2, 0.25) is 0 Å². The zero-order valence-electron chi connectivity index (χ0n) is 23.7. The lowest BCUT2D eigenvalue weighted by atomic mass is 9.91. The molecule has 0 bridgehead atoms. The first-order chi connectivity index (χ1) is 20.4. The minimum Gasteiger partial charge on any atom is -0.356 e. The summed E-state index contributed by atoms with van der Waals surface area (Å²) in [6.07, 6.45) is -0.261. The quantitative estimate of drug-likeness (QED) is 0.303. The molecule has 0 aliphatic carbocycles. The van der Waals surface area contributed by atoms with Gasteiger partial charge in [-0.3, -0.25) is 14.1 Å². The summed E-state index contributed by atoms with van der Waals surface area (Å²) in [5.41, 5.74) is 1.08. The van der Waals surface area contributed by atoms with E-state index in [0.29, 0.717) is 71.1 Å². The fourth-order valence-electron chi connectivity index (χ4n) is 5.53. The summed E-state index contributed by atoms with van der Waals surface area (Å²) in [6, 6.07) is 10.6. The molecule has 236 valence electrons. The van der Waals surface area contributed by atoms with Gasteiger partial charge >= 0.3 is 6.18 Å². The van der Waals surface area contributed by atoms with E-state index in [9.17, 15) is 31.2 Å². The lowest BCUT2D eigenvalue weighted by molar-refractivity contribution is -0.144. The molecule has 2 amide bonds. The number of nitrogens with zero attached hydrogens (tertiary/aromatic N) is 4. The number of alkyl halides is 3. The normalized spacial score (nSPS) is 18.1. The highest BCUT2D eigenvalue weighted by molar-refractivity contribution is 7.85. The van der Waals surface area contributed by atoms with Crippen molar-refractivity contribution >= 4 is 33.6 Å². The molecule has 43 heavy (non-hydrogen) atoms. The van der Waals surface area contributed by atoms with E-state index in [0.717, 1.165) is 5.56 Å². The molecule has 2 aliphatic heterocycles. The molecule has 0 saturated carbocycles. The predicted octanol–water partition coefficient (Wildman–Crippen LogP) is 3.17. The van der Waals surface area contributed by atoms with Gasteiger partial charge in [-0.05, 0) is 56.4 Å². The van der Waals surface area contributed by atoms with Gasteiger partial charge in [-0.2, -0.15) is 21.6 Å². The highest BCUT2D eigenvalue weighted by Crippen LogP contribution is 2.34. The van der Waals surface area contributed by atoms with Gasteiger partial charge in [0.15, 0.2) is 0 Å². The Bertz CT molecular complexity index is 1350. The van der Waals surface area contributed by atoms with Crippen LogP contribution in [0.15, 0.2) is 36.4 Å². The second kappa shape index (κ2) is 14.3. The molecule has 1 aromatic heterocycles. The van der Waals surface area contributed by atoms with Crippen LogP contribution in [0.1, 0.15) is 56.3 Å².